The lowest BCUT2D eigenvalue weighted by Crippen LogP contribution is -2.49. The molecule has 45 heavy (non-hydrogen) atoms. The molecule has 3 aromatic rings. The average molecular weight is 649 g/mol. The van der Waals surface area contributed by atoms with Gasteiger partial charge in [0.25, 0.3) is 0 Å². The highest BCUT2D eigenvalue weighted by atomic mass is 32.2. The fraction of sp³-hybridized carbons (Fsp3) is 0.606. The first-order valence-electron chi connectivity index (χ1n) is 16.0. The molecule has 1 N–H and O–H groups in total. The number of piperidine rings is 1. The molecule has 2 aromatic heterocycles. The second kappa shape index (κ2) is 14.4. The Kier molecular flexibility index (Phi) is 10.8. The summed E-state index contributed by atoms with van der Waals surface area (Å²) in [4.78, 5) is 11.4. The molecule has 4 heterocycles. The molecule has 1 aliphatic carbocycles. The minimum absolute atomic E-state index is 0.0510. The van der Waals surface area contributed by atoms with Crippen LogP contribution in [-0.4, -0.2) is 62.2 Å². The van der Waals surface area contributed by atoms with Gasteiger partial charge < -0.3 is 15.0 Å². The Morgan fingerprint density at radius 1 is 1.09 bits per heavy atom. The van der Waals surface area contributed by atoms with Gasteiger partial charge in [0, 0.05) is 47.4 Å². The third-order valence-corrected chi connectivity index (χ3v) is 10.1. The summed E-state index contributed by atoms with van der Waals surface area (Å²) < 4.78 is 63.8. The van der Waals surface area contributed by atoms with Crippen LogP contribution in [0.25, 0.3) is 11.3 Å². The van der Waals surface area contributed by atoms with Crippen LogP contribution in [0, 0.1) is 11.2 Å². The summed E-state index contributed by atoms with van der Waals surface area (Å²) in [5.41, 5.74) is -0.514. The molecule has 2 saturated heterocycles. The zero-order chi connectivity index (χ0) is 32.2. The van der Waals surface area contributed by atoms with E-state index in [0.717, 1.165) is 49.9 Å². The number of halogens is 4. The van der Waals surface area contributed by atoms with Gasteiger partial charge in [-0.25, -0.2) is 14.4 Å². The number of hydrogen-bond acceptors (Lipinski definition) is 7. The lowest BCUT2D eigenvalue weighted by atomic mass is 9.63. The number of ether oxygens (including phenoxy) is 1. The summed E-state index contributed by atoms with van der Waals surface area (Å²) in [5.74, 6) is -0.624. The van der Waals surface area contributed by atoms with E-state index in [9.17, 15) is 13.2 Å². The molecule has 1 saturated carbocycles. The van der Waals surface area contributed by atoms with Crippen LogP contribution in [-0.2, 0) is 10.9 Å². The highest BCUT2D eigenvalue weighted by Crippen LogP contribution is 2.55. The van der Waals surface area contributed by atoms with E-state index in [1.807, 2.05) is 6.07 Å². The maximum Gasteiger partial charge on any atom is 0.419 e. The number of likely N-dealkylation sites (tertiary alicyclic amines) is 1. The summed E-state index contributed by atoms with van der Waals surface area (Å²) in [6, 6.07) is 5.55. The van der Waals surface area contributed by atoms with Crippen LogP contribution in [0.2, 0.25) is 0 Å². The van der Waals surface area contributed by atoms with E-state index in [1.54, 1.807) is 28.7 Å². The molecule has 6 rings (SSSR count). The molecular formula is C33H44F4N6OS. The summed E-state index contributed by atoms with van der Waals surface area (Å²) in [5, 5.41) is 7.55. The van der Waals surface area contributed by atoms with Crippen LogP contribution >= 0.6 is 11.8 Å². The maximum absolute atomic E-state index is 15.1. The zero-order valence-corrected chi connectivity index (χ0v) is 27.4. The standard InChI is InChI=1S/C30H36F4N6OS.C3H8/c1-19(2)39-9-7-29(8-10-39)14-23(15-29)42-22-3-4-26(25(31)13-22)37-28-35-17-24(30(32,33)34)27(38-28)20-16-36-40(18-20)21-5-11-41-12-6-21;1-3-2/h3-4,13,16-19,21,23H,5-12,14-15H2,1-2H3,(H,35,37,38);3H2,1-2H3. The highest BCUT2D eigenvalue weighted by molar-refractivity contribution is 8.00. The molecule has 12 heteroatoms. The Hall–Kier alpha value is -2.70. The Morgan fingerprint density at radius 2 is 1.78 bits per heavy atom. The number of aromatic nitrogens is 4. The average Bonchev–Trinajstić information content (AvgIpc) is 3.49. The Labute approximate surface area is 267 Å². The van der Waals surface area contributed by atoms with Crippen molar-refractivity contribution in [2.45, 2.75) is 101 Å². The molecule has 1 spiro atoms. The quantitative estimate of drug-likeness (QED) is 0.257. The molecule has 0 amide bonds. The fourth-order valence-electron chi connectivity index (χ4n) is 6.38. The van der Waals surface area contributed by atoms with Crippen molar-refractivity contribution in [3.05, 3.63) is 48.2 Å². The second-order valence-corrected chi connectivity index (χ2v) is 14.1. The number of thioether (sulfide) groups is 1. The van der Waals surface area contributed by atoms with Crippen molar-refractivity contribution < 1.29 is 22.3 Å². The number of alkyl halides is 3. The highest BCUT2D eigenvalue weighted by Gasteiger charge is 2.46. The van der Waals surface area contributed by atoms with Crippen molar-refractivity contribution in [3.8, 4) is 11.3 Å². The van der Waals surface area contributed by atoms with Crippen LogP contribution in [0.1, 0.15) is 84.2 Å². The lowest BCUT2D eigenvalue weighted by molar-refractivity contribution is -0.137. The summed E-state index contributed by atoms with van der Waals surface area (Å²) in [7, 11) is 0. The first-order chi connectivity index (χ1) is 21.5. The molecule has 1 aromatic carbocycles. The fourth-order valence-corrected chi connectivity index (χ4v) is 7.95. The third kappa shape index (κ3) is 8.18. The van der Waals surface area contributed by atoms with Crippen molar-refractivity contribution in [3.63, 3.8) is 0 Å². The first kappa shape index (κ1) is 33.7. The smallest absolute Gasteiger partial charge is 0.381 e. The molecule has 246 valence electrons. The van der Waals surface area contributed by atoms with E-state index in [2.05, 4.69) is 53.0 Å². The Bertz CT molecular complexity index is 1410. The summed E-state index contributed by atoms with van der Waals surface area (Å²) >= 11 is 1.70. The molecule has 3 fully saturated rings. The minimum Gasteiger partial charge on any atom is -0.381 e. The normalized spacial score (nSPS) is 19.3. The van der Waals surface area contributed by atoms with Crippen molar-refractivity contribution in [1.82, 2.24) is 24.6 Å². The van der Waals surface area contributed by atoms with Crippen LogP contribution in [0.5, 0.6) is 0 Å². The predicted molar refractivity (Wildman–Crippen MR) is 170 cm³/mol. The van der Waals surface area contributed by atoms with E-state index in [0.29, 0.717) is 29.9 Å². The van der Waals surface area contributed by atoms with Gasteiger partial charge in [0.05, 0.1) is 23.6 Å². The van der Waals surface area contributed by atoms with Gasteiger partial charge in [-0.2, -0.15) is 18.3 Å². The van der Waals surface area contributed by atoms with Gasteiger partial charge >= 0.3 is 6.18 Å². The van der Waals surface area contributed by atoms with Crippen LogP contribution in [0.15, 0.2) is 41.7 Å². The third-order valence-electron chi connectivity index (χ3n) is 8.93. The van der Waals surface area contributed by atoms with Crippen molar-refractivity contribution >= 4 is 23.4 Å². The minimum atomic E-state index is -4.66. The van der Waals surface area contributed by atoms with Crippen molar-refractivity contribution in [2.75, 3.05) is 31.6 Å². The molecular weight excluding hydrogens is 604 g/mol. The Morgan fingerprint density at radius 3 is 2.40 bits per heavy atom. The van der Waals surface area contributed by atoms with E-state index in [1.165, 1.54) is 31.5 Å². The van der Waals surface area contributed by atoms with Gasteiger partial charge in [0.1, 0.15) is 11.4 Å². The van der Waals surface area contributed by atoms with E-state index in [4.69, 9.17) is 4.74 Å². The number of anilines is 2. The number of rotatable bonds is 7. The number of hydrogen-bond donors (Lipinski definition) is 1. The van der Waals surface area contributed by atoms with E-state index >= 15 is 4.39 Å². The molecule has 0 unspecified atom stereocenters. The zero-order valence-electron chi connectivity index (χ0n) is 26.5. The SMILES string of the molecule is CC(C)N1CCC2(CC1)CC(Sc1ccc(Nc3ncc(C(F)(F)F)c(-c4cnn(C5CCOCC5)c4)n3)c(F)c1)C2.CCC. The molecule has 0 bridgehead atoms. The van der Waals surface area contributed by atoms with Crippen molar-refractivity contribution in [2.24, 2.45) is 5.41 Å². The second-order valence-electron chi connectivity index (χ2n) is 12.8. The Balaban J connectivity index is 0.00000128. The number of nitrogens with zero attached hydrogens (tertiary/aromatic N) is 5. The topological polar surface area (TPSA) is 68.1 Å². The lowest BCUT2D eigenvalue weighted by Gasteiger charge is -2.52. The monoisotopic (exact) mass is 648 g/mol. The van der Waals surface area contributed by atoms with E-state index in [-0.39, 0.29) is 28.9 Å². The van der Waals surface area contributed by atoms with Gasteiger partial charge in [0.15, 0.2) is 0 Å². The van der Waals surface area contributed by atoms with Gasteiger partial charge in [0.2, 0.25) is 5.95 Å². The number of nitrogens with one attached hydrogen (secondary N) is 1. The van der Waals surface area contributed by atoms with Crippen LogP contribution in [0.4, 0.5) is 29.2 Å². The molecule has 0 radical (unpaired) electrons. The molecule has 2 aliphatic heterocycles. The van der Waals surface area contributed by atoms with Crippen molar-refractivity contribution in [1.29, 1.82) is 0 Å². The predicted octanol–water partition coefficient (Wildman–Crippen LogP) is 8.75. The van der Waals surface area contributed by atoms with Crippen LogP contribution < -0.4 is 5.32 Å². The maximum atomic E-state index is 15.1. The molecule has 7 nitrogen and oxygen atoms in total. The first-order valence-corrected chi connectivity index (χ1v) is 16.9. The van der Waals surface area contributed by atoms with Gasteiger partial charge in [-0.05, 0) is 89.1 Å². The van der Waals surface area contributed by atoms with Gasteiger partial charge in [-0.15, -0.1) is 11.8 Å². The van der Waals surface area contributed by atoms with Gasteiger partial charge in [-0.3, -0.25) is 4.68 Å². The van der Waals surface area contributed by atoms with E-state index < -0.39 is 17.6 Å². The number of benzene rings is 1. The molecule has 0 atom stereocenters. The van der Waals surface area contributed by atoms with Gasteiger partial charge in [-0.1, -0.05) is 20.3 Å². The van der Waals surface area contributed by atoms with Crippen LogP contribution in [0.3, 0.4) is 0 Å². The summed E-state index contributed by atoms with van der Waals surface area (Å²) in [6.45, 7) is 12.2. The molecule has 3 aliphatic rings. The summed E-state index contributed by atoms with van der Waals surface area (Å²) in [6.07, 6.45) is 6.49. The largest absolute Gasteiger partial charge is 0.419 e.